The van der Waals surface area contributed by atoms with Crippen molar-refractivity contribution < 1.29 is 22.8 Å². The van der Waals surface area contributed by atoms with Crippen LogP contribution in [0.25, 0.3) is 16.8 Å². The van der Waals surface area contributed by atoms with Crippen LogP contribution in [0.1, 0.15) is 76.9 Å². The summed E-state index contributed by atoms with van der Waals surface area (Å²) in [7, 11) is 0. The number of alkyl halides is 3. The number of Topliss-reactive ketones (excluding diaryl/α,β-unsaturated/α-hetero) is 1. The van der Waals surface area contributed by atoms with Gasteiger partial charge in [-0.3, -0.25) is 19.7 Å². The number of fused-ring (bicyclic) bond motifs is 3. The van der Waals surface area contributed by atoms with Gasteiger partial charge in [0.2, 0.25) is 5.82 Å². The number of rotatable bonds is 5. The first-order valence-electron chi connectivity index (χ1n) is 12.7. The van der Waals surface area contributed by atoms with Gasteiger partial charge in [0.05, 0.1) is 23.1 Å². The normalized spacial score (nSPS) is 21.6. The maximum atomic E-state index is 13.1. The molecule has 2 saturated heterocycles. The van der Waals surface area contributed by atoms with Crippen LogP contribution in [0.3, 0.4) is 0 Å². The molecule has 208 valence electrons. The van der Waals surface area contributed by atoms with Crippen LogP contribution in [0.2, 0.25) is 0 Å². The third-order valence-corrected chi connectivity index (χ3v) is 7.80. The van der Waals surface area contributed by atoms with Crippen LogP contribution in [-0.2, 0) is 0 Å². The number of hydrogen-bond donors (Lipinski definition) is 3. The van der Waals surface area contributed by atoms with Crippen LogP contribution in [0, 0.1) is 0 Å². The van der Waals surface area contributed by atoms with Crippen molar-refractivity contribution in [2.45, 2.75) is 62.8 Å². The predicted octanol–water partition coefficient (Wildman–Crippen LogP) is 2.81. The fourth-order valence-electron chi connectivity index (χ4n) is 5.97. The molecule has 2 aliphatic heterocycles. The molecule has 2 fully saturated rings. The SMILES string of the molecule is CC(=O)c1c(C2C[C@H]3CC[C@H](C2)N3C(=O)c2ncn[nH]2)nc2c(-c3ccc(C(N)C(F)(F)F)nc3)cnn2c1N. The molecule has 1 unspecified atom stereocenters. The molecule has 0 aromatic carbocycles. The molecule has 2 bridgehead atoms. The number of pyridine rings is 1. The van der Waals surface area contributed by atoms with Crippen LogP contribution >= 0.6 is 0 Å². The first-order chi connectivity index (χ1) is 19.0. The lowest BCUT2D eigenvalue weighted by Gasteiger charge is -2.38. The largest absolute Gasteiger partial charge is 0.409 e. The second kappa shape index (κ2) is 9.36. The van der Waals surface area contributed by atoms with E-state index in [4.69, 9.17) is 16.5 Å². The third-order valence-electron chi connectivity index (χ3n) is 7.80. The van der Waals surface area contributed by atoms with Gasteiger partial charge in [-0.1, -0.05) is 6.07 Å². The number of amides is 1. The molecule has 2 aliphatic rings. The zero-order chi connectivity index (χ0) is 28.3. The van der Waals surface area contributed by atoms with Crippen LogP contribution in [0.4, 0.5) is 19.0 Å². The Morgan fingerprint density at radius 3 is 2.42 bits per heavy atom. The van der Waals surface area contributed by atoms with E-state index in [1.165, 1.54) is 42.3 Å². The van der Waals surface area contributed by atoms with Gasteiger partial charge in [0, 0.05) is 35.3 Å². The summed E-state index contributed by atoms with van der Waals surface area (Å²) >= 11 is 0. The van der Waals surface area contributed by atoms with Gasteiger partial charge < -0.3 is 16.4 Å². The number of anilines is 1. The molecular formula is C25H25F3N10O2. The van der Waals surface area contributed by atoms with Gasteiger partial charge in [0.15, 0.2) is 11.4 Å². The summed E-state index contributed by atoms with van der Waals surface area (Å²) in [6.45, 7) is 1.41. The number of nitrogens with zero attached hydrogens (tertiary/aromatic N) is 7. The van der Waals surface area contributed by atoms with Crippen LogP contribution in [0.15, 0.2) is 30.9 Å². The van der Waals surface area contributed by atoms with E-state index in [1.54, 1.807) is 0 Å². The van der Waals surface area contributed by atoms with Crippen LogP contribution in [0.5, 0.6) is 0 Å². The Kier molecular flexibility index (Phi) is 6.05. The number of carbonyl (C=O) groups is 2. The van der Waals surface area contributed by atoms with Gasteiger partial charge in [-0.25, -0.2) is 9.97 Å². The van der Waals surface area contributed by atoms with Crippen molar-refractivity contribution >= 4 is 23.2 Å². The second-order valence-corrected chi connectivity index (χ2v) is 10.2. The molecule has 15 heteroatoms. The van der Waals surface area contributed by atoms with Crippen molar-refractivity contribution in [1.82, 2.24) is 39.7 Å². The molecule has 6 heterocycles. The van der Waals surface area contributed by atoms with Gasteiger partial charge in [0.1, 0.15) is 18.2 Å². The maximum absolute atomic E-state index is 13.1. The summed E-state index contributed by atoms with van der Waals surface area (Å²) in [6.07, 6.45) is 2.20. The van der Waals surface area contributed by atoms with Crippen molar-refractivity contribution in [2.24, 2.45) is 5.73 Å². The molecule has 1 amide bonds. The minimum absolute atomic E-state index is 0.0700. The molecule has 0 aliphatic carbocycles. The highest BCUT2D eigenvalue weighted by Crippen LogP contribution is 2.45. The van der Waals surface area contributed by atoms with Gasteiger partial charge in [-0.2, -0.15) is 27.9 Å². The van der Waals surface area contributed by atoms with Gasteiger partial charge in [-0.15, -0.1) is 0 Å². The summed E-state index contributed by atoms with van der Waals surface area (Å²) in [6, 6.07) is 0.333. The number of hydrogen-bond acceptors (Lipinski definition) is 9. The minimum Gasteiger partial charge on any atom is -0.383 e. The summed E-state index contributed by atoms with van der Waals surface area (Å²) < 4.78 is 40.4. The zero-order valence-electron chi connectivity index (χ0n) is 21.3. The molecule has 0 saturated carbocycles. The summed E-state index contributed by atoms with van der Waals surface area (Å²) in [5.41, 5.74) is 13.5. The molecule has 4 aromatic rings. The van der Waals surface area contributed by atoms with Crippen molar-refractivity contribution in [3.8, 4) is 11.1 Å². The maximum Gasteiger partial charge on any atom is 0.409 e. The lowest BCUT2D eigenvalue weighted by Crippen LogP contribution is -2.46. The van der Waals surface area contributed by atoms with E-state index in [1.807, 2.05) is 4.90 Å². The molecule has 5 N–H and O–H groups in total. The van der Waals surface area contributed by atoms with Crippen molar-refractivity contribution in [3.05, 3.63) is 53.6 Å². The molecule has 12 nitrogen and oxygen atoms in total. The lowest BCUT2D eigenvalue weighted by atomic mass is 9.85. The number of halogens is 3. The molecular weight excluding hydrogens is 529 g/mol. The van der Waals surface area contributed by atoms with E-state index < -0.39 is 12.2 Å². The summed E-state index contributed by atoms with van der Waals surface area (Å²) in [5, 5.41) is 10.7. The summed E-state index contributed by atoms with van der Waals surface area (Å²) in [4.78, 5) is 40.5. The second-order valence-electron chi connectivity index (χ2n) is 10.2. The Hall–Kier alpha value is -4.40. The highest BCUT2D eigenvalue weighted by molar-refractivity contribution is 6.00. The molecule has 0 radical (unpaired) electrons. The summed E-state index contributed by atoms with van der Waals surface area (Å²) in [5.74, 6) is -0.329. The molecule has 4 aromatic heterocycles. The Morgan fingerprint density at radius 1 is 1.12 bits per heavy atom. The Balaban J connectivity index is 1.37. The van der Waals surface area contributed by atoms with Crippen molar-refractivity contribution in [3.63, 3.8) is 0 Å². The van der Waals surface area contributed by atoms with E-state index >= 15 is 0 Å². The number of piperidine rings is 1. The Morgan fingerprint density at radius 2 is 1.85 bits per heavy atom. The topological polar surface area (TPSA) is 174 Å². The smallest absolute Gasteiger partial charge is 0.383 e. The van der Waals surface area contributed by atoms with Crippen molar-refractivity contribution in [2.75, 3.05) is 5.73 Å². The van der Waals surface area contributed by atoms with E-state index in [-0.39, 0.29) is 52.6 Å². The number of nitrogens with one attached hydrogen (secondary N) is 1. The van der Waals surface area contributed by atoms with E-state index in [0.29, 0.717) is 35.3 Å². The molecule has 6 rings (SSSR count). The lowest BCUT2D eigenvalue weighted by molar-refractivity contribution is -0.150. The highest BCUT2D eigenvalue weighted by Gasteiger charge is 2.46. The number of carbonyl (C=O) groups excluding carboxylic acids is 2. The minimum atomic E-state index is -4.62. The first kappa shape index (κ1) is 25.9. The highest BCUT2D eigenvalue weighted by atomic mass is 19.4. The number of nitrogen functional groups attached to an aromatic ring is 1. The first-order valence-corrected chi connectivity index (χ1v) is 12.7. The standard InChI is InChI=1S/C25H25F3N10O2/c1-11(39)18-19(13-6-14-3-4-15(7-13)37(14)24(40)22-32-10-33-36-22)35-23-16(9-34-38(23)21(18)30)12-2-5-17(31-8-12)20(29)25(26,27)28/h2,5,8-10,13-15,20H,3-4,6-7,29-30H2,1H3,(H,32,33,36)/t14-,15-,20?/m1/s1. The average molecular weight is 555 g/mol. The predicted molar refractivity (Wildman–Crippen MR) is 135 cm³/mol. The van der Waals surface area contributed by atoms with Crippen LogP contribution < -0.4 is 11.5 Å². The van der Waals surface area contributed by atoms with Gasteiger partial charge in [-0.05, 0) is 38.7 Å². The molecule has 40 heavy (non-hydrogen) atoms. The average Bonchev–Trinajstić information content (AvgIpc) is 3.65. The fourth-order valence-corrected chi connectivity index (χ4v) is 5.97. The van der Waals surface area contributed by atoms with Gasteiger partial charge in [0.25, 0.3) is 5.91 Å². The van der Waals surface area contributed by atoms with Crippen LogP contribution in [-0.4, -0.2) is 69.6 Å². The molecule has 0 spiro atoms. The van der Waals surface area contributed by atoms with Crippen molar-refractivity contribution in [1.29, 1.82) is 0 Å². The van der Waals surface area contributed by atoms with Gasteiger partial charge >= 0.3 is 6.18 Å². The Labute approximate surface area is 225 Å². The Bertz CT molecular complexity index is 1590. The number of nitrogens with two attached hydrogens (primary N) is 2. The number of H-pyrrole nitrogens is 1. The molecule has 3 atom stereocenters. The van der Waals surface area contributed by atoms with E-state index in [0.717, 1.165) is 12.8 Å². The van der Waals surface area contributed by atoms with E-state index in [9.17, 15) is 22.8 Å². The zero-order valence-corrected chi connectivity index (χ0v) is 21.3. The third kappa shape index (κ3) is 4.16. The number of ketones is 1. The number of aromatic nitrogens is 7. The van der Waals surface area contributed by atoms with E-state index in [2.05, 4.69) is 25.3 Å². The number of aromatic amines is 1. The quantitative estimate of drug-likeness (QED) is 0.313. The monoisotopic (exact) mass is 554 g/mol. The fraction of sp³-hybridized carbons (Fsp3) is 0.400.